The van der Waals surface area contributed by atoms with Crippen LogP contribution in [-0.2, 0) is 10.0 Å². The minimum absolute atomic E-state index is 0.0783. The molecule has 0 radical (unpaired) electrons. The minimum Gasteiger partial charge on any atom is -0.494 e. The monoisotopic (exact) mass is 286 g/mol. The molecule has 0 fully saturated rings. The maximum atomic E-state index is 12.0. The lowest BCUT2D eigenvalue weighted by molar-refractivity contribution is 0.313. The topological polar surface area (TPSA) is 81.4 Å². The van der Waals surface area contributed by atoms with Crippen LogP contribution >= 0.6 is 0 Å². The summed E-state index contributed by atoms with van der Waals surface area (Å²) in [6.45, 7) is 4.88. The first kappa shape index (κ1) is 15.9. The smallest absolute Gasteiger partial charge is 0.240 e. The van der Waals surface area contributed by atoms with Crippen molar-refractivity contribution in [1.82, 2.24) is 4.72 Å². The number of nitrogens with one attached hydrogen (secondary N) is 1. The van der Waals surface area contributed by atoms with Gasteiger partial charge in [-0.3, -0.25) is 0 Å². The maximum absolute atomic E-state index is 12.0. The van der Waals surface area contributed by atoms with Crippen LogP contribution in [-0.4, -0.2) is 27.6 Å². The summed E-state index contributed by atoms with van der Waals surface area (Å²) in [7, 11) is -3.44. The predicted octanol–water partition coefficient (Wildman–Crippen LogP) is 1.49. The molecule has 1 unspecified atom stereocenters. The molecule has 0 aliphatic rings. The third-order valence-corrected chi connectivity index (χ3v) is 4.33. The van der Waals surface area contributed by atoms with Crippen molar-refractivity contribution < 1.29 is 13.2 Å². The average molecular weight is 286 g/mol. The summed E-state index contributed by atoms with van der Waals surface area (Å²) in [6.07, 6.45) is 1.52. The van der Waals surface area contributed by atoms with E-state index in [1.165, 1.54) is 0 Å². The van der Waals surface area contributed by atoms with Gasteiger partial charge in [-0.15, -0.1) is 0 Å². The molecule has 0 amide bonds. The van der Waals surface area contributed by atoms with Crippen LogP contribution in [0.3, 0.4) is 0 Å². The second-order valence-corrected chi connectivity index (χ2v) is 6.11. The number of hydrogen-bond donors (Lipinski definition) is 2. The van der Waals surface area contributed by atoms with Gasteiger partial charge >= 0.3 is 0 Å². The molecule has 0 aliphatic carbocycles. The molecule has 0 spiro atoms. The first-order chi connectivity index (χ1) is 8.99. The van der Waals surface area contributed by atoms with Crippen molar-refractivity contribution >= 4 is 10.0 Å². The maximum Gasteiger partial charge on any atom is 0.240 e. The second-order valence-electron chi connectivity index (χ2n) is 4.39. The number of rotatable bonds is 8. The molecule has 1 rings (SSSR count). The molecule has 108 valence electrons. The third kappa shape index (κ3) is 5.18. The standard InChI is InChI=1S/C13H22N2O3S/c1-3-11(2)15-19(16,17)13-7-5-12(6-8-13)18-10-4-9-14/h5-8,11,15H,3-4,9-10,14H2,1-2H3. The van der Waals surface area contributed by atoms with E-state index in [0.717, 1.165) is 12.8 Å². The lowest BCUT2D eigenvalue weighted by Crippen LogP contribution is -2.31. The predicted molar refractivity (Wildman–Crippen MR) is 75.7 cm³/mol. The van der Waals surface area contributed by atoms with Crippen LogP contribution in [0.5, 0.6) is 5.75 Å². The van der Waals surface area contributed by atoms with Gasteiger partial charge in [-0.25, -0.2) is 13.1 Å². The highest BCUT2D eigenvalue weighted by Crippen LogP contribution is 2.16. The number of benzene rings is 1. The average Bonchev–Trinajstić information content (AvgIpc) is 2.39. The summed E-state index contributed by atoms with van der Waals surface area (Å²) in [5.74, 6) is 0.649. The highest BCUT2D eigenvalue weighted by atomic mass is 32.2. The number of sulfonamides is 1. The van der Waals surface area contributed by atoms with Gasteiger partial charge in [0.05, 0.1) is 11.5 Å². The van der Waals surface area contributed by atoms with E-state index in [2.05, 4.69) is 4.72 Å². The van der Waals surface area contributed by atoms with Crippen LogP contribution in [0.25, 0.3) is 0 Å². The van der Waals surface area contributed by atoms with Gasteiger partial charge < -0.3 is 10.5 Å². The molecule has 3 N–H and O–H groups in total. The lowest BCUT2D eigenvalue weighted by Gasteiger charge is -2.12. The molecule has 0 saturated heterocycles. The number of ether oxygens (including phenoxy) is 1. The van der Waals surface area contributed by atoms with Crippen molar-refractivity contribution in [2.24, 2.45) is 5.73 Å². The Labute approximate surface area is 115 Å². The quantitative estimate of drug-likeness (QED) is 0.709. The van der Waals surface area contributed by atoms with Crippen LogP contribution in [0, 0.1) is 0 Å². The van der Waals surface area contributed by atoms with Crippen molar-refractivity contribution in [3.63, 3.8) is 0 Å². The van der Waals surface area contributed by atoms with Gasteiger partial charge in [0.15, 0.2) is 0 Å². The van der Waals surface area contributed by atoms with E-state index in [4.69, 9.17) is 10.5 Å². The van der Waals surface area contributed by atoms with Crippen LogP contribution in [0.1, 0.15) is 26.7 Å². The molecule has 0 heterocycles. The fraction of sp³-hybridized carbons (Fsp3) is 0.538. The largest absolute Gasteiger partial charge is 0.494 e. The summed E-state index contributed by atoms with van der Waals surface area (Å²) in [4.78, 5) is 0.249. The van der Waals surface area contributed by atoms with E-state index in [9.17, 15) is 8.42 Å². The van der Waals surface area contributed by atoms with Gasteiger partial charge in [0.25, 0.3) is 0 Å². The molecule has 19 heavy (non-hydrogen) atoms. The normalized spacial score (nSPS) is 13.2. The number of nitrogens with two attached hydrogens (primary N) is 1. The highest BCUT2D eigenvalue weighted by Gasteiger charge is 2.16. The zero-order valence-electron chi connectivity index (χ0n) is 11.4. The molecule has 5 nitrogen and oxygen atoms in total. The summed E-state index contributed by atoms with van der Waals surface area (Å²) < 4.78 is 32.0. The van der Waals surface area contributed by atoms with Gasteiger partial charge in [0, 0.05) is 6.04 Å². The SMILES string of the molecule is CCC(C)NS(=O)(=O)c1ccc(OCCCN)cc1. The Kier molecular flexibility index (Phi) is 6.27. The van der Waals surface area contributed by atoms with Gasteiger partial charge in [-0.1, -0.05) is 6.92 Å². The van der Waals surface area contributed by atoms with Gasteiger partial charge in [-0.05, 0) is 50.6 Å². The Morgan fingerprint density at radius 1 is 1.32 bits per heavy atom. The molecule has 0 saturated carbocycles. The Balaban J connectivity index is 2.69. The van der Waals surface area contributed by atoms with Crippen LogP contribution in [0.4, 0.5) is 0 Å². The molecule has 1 atom stereocenters. The van der Waals surface area contributed by atoms with Crippen molar-refractivity contribution in [3.05, 3.63) is 24.3 Å². The first-order valence-electron chi connectivity index (χ1n) is 6.45. The van der Waals surface area contributed by atoms with E-state index >= 15 is 0 Å². The molecule has 1 aromatic carbocycles. The van der Waals surface area contributed by atoms with Crippen LogP contribution in [0.15, 0.2) is 29.2 Å². The zero-order valence-corrected chi connectivity index (χ0v) is 12.2. The number of hydrogen-bond acceptors (Lipinski definition) is 4. The fourth-order valence-corrected chi connectivity index (χ4v) is 2.73. The summed E-state index contributed by atoms with van der Waals surface area (Å²) in [5.41, 5.74) is 5.37. The minimum atomic E-state index is -3.44. The summed E-state index contributed by atoms with van der Waals surface area (Å²) >= 11 is 0. The van der Waals surface area contributed by atoms with Crippen molar-refractivity contribution in [3.8, 4) is 5.75 Å². The van der Waals surface area contributed by atoms with Gasteiger partial charge in [0.1, 0.15) is 5.75 Å². The summed E-state index contributed by atoms with van der Waals surface area (Å²) in [5, 5.41) is 0. The van der Waals surface area contributed by atoms with E-state index in [1.54, 1.807) is 24.3 Å². The van der Waals surface area contributed by atoms with Crippen LogP contribution in [0.2, 0.25) is 0 Å². The second kappa shape index (κ2) is 7.47. The van der Waals surface area contributed by atoms with E-state index < -0.39 is 10.0 Å². The Morgan fingerprint density at radius 2 is 1.95 bits per heavy atom. The molecule has 0 aromatic heterocycles. The van der Waals surface area contributed by atoms with Gasteiger partial charge in [-0.2, -0.15) is 0 Å². The van der Waals surface area contributed by atoms with E-state index in [-0.39, 0.29) is 10.9 Å². The summed E-state index contributed by atoms with van der Waals surface area (Å²) in [6, 6.07) is 6.32. The van der Waals surface area contributed by atoms with Crippen molar-refractivity contribution in [2.45, 2.75) is 37.6 Å². The molecule has 1 aromatic rings. The molecule has 6 heteroatoms. The molecule has 0 aliphatic heterocycles. The fourth-order valence-electron chi connectivity index (χ4n) is 1.40. The Hall–Kier alpha value is -1.11. The van der Waals surface area contributed by atoms with Crippen molar-refractivity contribution in [1.29, 1.82) is 0 Å². The first-order valence-corrected chi connectivity index (χ1v) is 7.93. The van der Waals surface area contributed by atoms with Gasteiger partial charge in [0.2, 0.25) is 10.0 Å². The molecular formula is C13H22N2O3S. The Bertz CT molecular complexity index is 471. The zero-order chi connectivity index (χ0) is 14.3. The van der Waals surface area contributed by atoms with Crippen molar-refractivity contribution in [2.75, 3.05) is 13.2 Å². The van der Waals surface area contributed by atoms with E-state index in [1.807, 2.05) is 13.8 Å². The molecular weight excluding hydrogens is 264 g/mol. The lowest BCUT2D eigenvalue weighted by atomic mass is 10.3. The molecule has 0 bridgehead atoms. The third-order valence-electron chi connectivity index (χ3n) is 2.72. The van der Waals surface area contributed by atoms with Crippen LogP contribution < -0.4 is 15.2 Å². The van der Waals surface area contributed by atoms with E-state index in [0.29, 0.717) is 18.9 Å². The Morgan fingerprint density at radius 3 is 2.47 bits per heavy atom. The highest BCUT2D eigenvalue weighted by molar-refractivity contribution is 7.89.